The highest BCUT2D eigenvalue weighted by Gasteiger charge is 2.20. The van der Waals surface area contributed by atoms with Crippen molar-refractivity contribution in [2.24, 2.45) is 0 Å². The quantitative estimate of drug-likeness (QED) is 0.691. The molecule has 0 amide bonds. The van der Waals surface area contributed by atoms with Gasteiger partial charge in [-0.3, -0.25) is 4.79 Å². The molecular formula is C20H19ClN2O3S. The molecule has 0 fully saturated rings. The number of ether oxygens (including phenoxy) is 2. The molecule has 0 bridgehead atoms. The molecule has 0 unspecified atom stereocenters. The third-order valence-electron chi connectivity index (χ3n) is 4.75. The van der Waals surface area contributed by atoms with Gasteiger partial charge >= 0.3 is 0 Å². The Labute approximate surface area is 165 Å². The lowest BCUT2D eigenvalue weighted by molar-refractivity contribution is 0.355. The predicted octanol–water partition coefficient (Wildman–Crippen LogP) is 4.62. The lowest BCUT2D eigenvalue weighted by Crippen LogP contribution is -2.12. The minimum atomic E-state index is -0.117. The summed E-state index contributed by atoms with van der Waals surface area (Å²) in [6.45, 7) is 0. The van der Waals surface area contributed by atoms with Crippen molar-refractivity contribution in [3.8, 4) is 11.5 Å². The van der Waals surface area contributed by atoms with Gasteiger partial charge in [-0.1, -0.05) is 17.7 Å². The molecule has 140 valence electrons. The molecule has 1 aliphatic rings. The first-order chi connectivity index (χ1) is 13.1. The molecule has 0 spiro atoms. The zero-order valence-corrected chi connectivity index (χ0v) is 16.7. The van der Waals surface area contributed by atoms with Crippen LogP contribution < -0.4 is 15.0 Å². The molecule has 0 saturated heterocycles. The first kappa shape index (κ1) is 18.1. The van der Waals surface area contributed by atoms with Crippen LogP contribution in [-0.4, -0.2) is 24.2 Å². The fourth-order valence-corrected chi connectivity index (χ4v) is 4.91. The van der Waals surface area contributed by atoms with Crippen molar-refractivity contribution in [2.45, 2.75) is 25.7 Å². The summed E-state index contributed by atoms with van der Waals surface area (Å²) in [5, 5.41) is 1.10. The second-order valence-electron chi connectivity index (χ2n) is 6.41. The number of H-pyrrole nitrogens is 1. The Morgan fingerprint density at radius 3 is 2.78 bits per heavy atom. The number of nitrogens with zero attached hydrogens (tertiary/aromatic N) is 1. The van der Waals surface area contributed by atoms with E-state index in [4.69, 9.17) is 21.1 Å². The van der Waals surface area contributed by atoms with Gasteiger partial charge in [0.15, 0.2) is 17.3 Å². The zero-order chi connectivity index (χ0) is 19.0. The highest BCUT2D eigenvalue weighted by molar-refractivity contribution is 7.18. The Morgan fingerprint density at radius 2 is 2.00 bits per heavy atom. The standard InChI is InChI=1S/C20H19ClN2O3S/c1-25-14-8-7-11(10-15(14)26-2)9-13(21)18-22-19(24)17-12-5-3-4-6-16(12)27-20(17)23-18/h7-10H,3-6H2,1-2H3,(H,22,23,24)/b13-9-. The van der Waals surface area contributed by atoms with Gasteiger partial charge in [-0.25, -0.2) is 4.98 Å². The Hall–Kier alpha value is -2.31. The van der Waals surface area contributed by atoms with Crippen molar-refractivity contribution in [3.63, 3.8) is 0 Å². The van der Waals surface area contributed by atoms with E-state index in [1.807, 2.05) is 18.2 Å². The maximum Gasteiger partial charge on any atom is 0.260 e. The SMILES string of the molecule is COc1ccc(/C=C(\Cl)c2nc3sc4c(c3c(=O)[nH]2)CCCC4)cc1OC. The van der Waals surface area contributed by atoms with E-state index < -0.39 is 0 Å². The number of hydrogen-bond donors (Lipinski definition) is 1. The molecule has 0 radical (unpaired) electrons. The third kappa shape index (κ3) is 3.35. The van der Waals surface area contributed by atoms with Gasteiger partial charge in [0.1, 0.15) is 4.83 Å². The number of aryl methyl sites for hydroxylation is 2. The van der Waals surface area contributed by atoms with E-state index in [1.54, 1.807) is 31.6 Å². The van der Waals surface area contributed by atoms with Crippen LogP contribution >= 0.6 is 22.9 Å². The lowest BCUT2D eigenvalue weighted by Gasteiger charge is -2.09. The number of benzene rings is 1. The van der Waals surface area contributed by atoms with Crippen LogP contribution in [0.15, 0.2) is 23.0 Å². The van der Waals surface area contributed by atoms with E-state index in [9.17, 15) is 4.79 Å². The molecule has 3 aromatic rings. The van der Waals surface area contributed by atoms with Gasteiger partial charge in [0.25, 0.3) is 5.56 Å². The predicted molar refractivity (Wildman–Crippen MR) is 110 cm³/mol. The van der Waals surface area contributed by atoms with E-state index in [0.29, 0.717) is 22.4 Å². The van der Waals surface area contributed by atoms with Gasteiger partial charge < -0.3 is 14.5 Å². The number of rotatable bonds is 4. The monoisotopic (exact) mass is 402 g/mol. The average Bonchev–Trinajstić information content (AvgIpc) is 3.06. The second-order valence-corrected chi connectivity index (χ2v) is 7.90. The minimum Gasteiger partial charge on any atom is -0.493 e. The summed E-state index contributed by atoms with van der Waals surface area (Å²) in [4.78, 5) is 22.2. The van der Waals surface area contributed by atoms with Crippen LogP contribution in [0.4, 0.5) is 0 Å². The number of fused-ring (bicyclic) bond motifs is 3. The van der Waals surface area contributed by atoms with Crippen molar-refractivity contribution < 1.29 is 9.47 Å². The lowest BCUT2D eigenvalue weighted by atomic mass is 9.97. The largest absolute Gasteiger partial charge is 0.493 e. The number of aromatic nitrogens is 2. The number of nitrogens with one attached hydrogen (secondary N) is 1. The number of thiophene rings is 1. The van der Waals surface area contributed by atoms with Crippen LogP contribution in [0.2, 0.25) is 0 Å². The molecule has 2 aromatic heterocycles. The molecule has 0 atom stereocenters. The van der Waals surface area contributed by atoms with Crippen molar-refractivity contribution in [1.29, 1.82) is 0 Å². The van der Waals surface area contributed by atoms with Crippen molar-refractivity contribution in [2.75, 3.05) is 14.2 Å². The van der Waals surface area contributed by atoms with E-state index in [1.165, 1.54) is 16.9 Å². The number of aromatic amines is 1. The van der Waals surface area contributed by atoms with Crippen LogP contribution in [0.5, 0.6) is 11.5 Å². The Kier molecular flexibility index (Phi) is 4.93. The summed E-state index contributed by atoms with van der Waals surface area (Å²) in [5.74, 6) is 1.63. The fourth-order valence-electron chi connectivity index (χ4n) is 3.43. The molecule has 2 heterocycles. The summed E-state index contributed by atoms with van der Waals surface area (Å²) in [5.41, 5.74) is 1.88. The molecule has 5 nitrogen and oxygen atoms in total. The van der Waals surface area contributed by atoms with E-state index in [-0.39, 0.29) is 5.56 Å². The molecular weight excluding hydrogens is 384 g/mol. The minimum absolute atomic E-state index is 0.117. The number of methoxy groups -OCH3 is 2. The van der Waals surface area contributed by atoms with Gasteiger partial charge in [-0.15, -0.1) is 11.3 Å². The third-order valence-corrected chi connectivity index (χ3v) is 6.23. The topological polar surface area (TPSA) is 64.2 Å². The molecule has 0 saturated carbocycles. The van der Waals surface area contributed by atoms with Crippen LogP contribution in [0.1, 0.15) is 34.7 Å². The fraction of sp³-hybridized carbons (Fsp3) is 0.300. The molecule has 4 rings (SSSR count). The van der Waals surface area contributed by atoms with Gasteiger partial charge in [-0.2, -0.15) is 0 Å². The smallest absolute Gasteiger partial charge is 0.260 e. The van der Waals surface area contributed by atoms with Crippen LogP contribution in [-0.2, 0) is 12.8 Å². The van der Waals surface area contributed by atoms with Crippen LogP contribution in [0, 0.1) is 0 Å². The van der Waals surface area contributed by atoms with Crippen LogP contribution in [0.25, 0.3) is 21.3 Å². The van der Waals surface area contributed by atoms with Gasteiger partial charge in [0.05, 0.1) is 24.6 Å². The zero-order valence-electron chi connectivity index (χ0n) is 15.1. The summed E-state index contributed by atoms with van der Waals surface area (Å²) in [6, 6.07) is 5.49. The Bertz CT molecular complexity index is 1100. The molecule has 1 aromatic carbocycles. The van der Waals surface area contributed by atoms with E-state index >= 15 is 0 Å². The van der Waals surface area contributed by atoms with Crippen molar-refractivity contribution in [1.82, 2.24) is 9.97 Å². The number of hydrogen-bond acceptors (Lipinski definition) is 5. The first-order valence-corrected chi connectivity index (χ1v) is 9.94. The highest BCUT2D eigenvalue weighted by Crippen LogP contribution is 2.34. The summed E-state index contributed by atoms with van der Waals surface area (Å²) in [7, 11) is 3.17. The Balaban J connectivity index is 1.75. The summed E-state index contributed by atoms with van der Waals surface area (Å²) >= 11 is 8.08. The maximum absolute atomic E-state index is 12.7. The van der Waals surface area contributed by atoms with Crippen LogP contribution in [0.3, 0.4) is 0 Å². The molecule has 7 heteroatoms. The van der Waals surface area contributed by atoms with Crippen molar-refractivity contribution >= 4 is 44.3 Å². The van der Waals surface area contributed by atoms with E-state index in [2.05, 4.69) is 9.97 Å². The molecule has 1 aliphatic carbocycles. The summed E-state index contributed by atoms with van der Waals surface area (Å²) in [6.07, 6.45) is 6.03. The highest BCUT2D eigenvalue weighted by atomic mass is 35.5. The van der Waals surface area contributed by atoms with Crippen molar-refractivity contribution in [3.05, 3.63) is 50.4 Å². The average molecular weight is 403 g/mol. The second kappa shape index (κ2) is 7.37. The maximum atomic E-state index is 12.7. The molecule has 27 heavy (non-hydrogen) atoms. The number of halogens is 1. The van der Waals surface area contributed by atoms with E-state index in [0.717, 1.165) is 35.0 Å². The first-order valence-electron chi connectivity index (χ1n) is 8.75. The Morgan fingerprint density at radius 1 is 1.22 bits per heavy atom. The van der Waals surface area contributed by atoms with Gasteiger partial charge in [-0.05, 0) is 55.0 Å². The normalized spacial score (nSPS) is 14.3. The summed E-state index contributed by atoms with van der Waals surface area (Å²) < 4.78 is 10.6. The molecule has 1 N–H and O–H groups in total. The van der Waals surface area contributed by atoms with Gasteiger partial charge in [0, 0.05) is 4.88 Å². The van der Waals surface area contributed by atoms with Gasteiger partial charge in [0.2, 0.25) is 0 Å². The molecule has 0 aliphatic heterocycles.